The zero-order chi connectivity index (χ0) is 26.9. The van der Waals surface area contributed by atoms with Crippen molar-refractivity contribution in [3.8, 4) is 5.75 Å². The third-order valence-electron chi connectivity index (χ3n) is 6.29. The second-order valence-electron chi connectivity index (χ2n) is 9.33. The molecule has 37 heavy (non-hydrogen) atoms. The minimum atomic E-state index is -0.695. The molecule has 196 valence electrons. The van der Waals surface area contributed by atoms with Crippen LogP contribution in [0.4, 0.5) is 0 Å². The highest BCUT2D eigenvalue weighted by Gasteiger charge is 2.31. The molecular formula is C30H34Br2N2O3. The van der Waals surface area contributed by atoms with Crippen LogP contribution in [0.15, 0.2) is 75.7 Å². The second-order valence-corrected chi connectivity index (χ2v) is 11.0. The van der Waals surface area contributed by atoms with Gasteiger partial charge in [0, 0.05) is 28.0 Å². The van der Waals surface area contributed by atoms with E-state index in [1.807, 2.05) is 94.4 Å². The van der Waals surface area contributed by atoms with E-state index in [2.05, 4.69) is 37.2 Å². The molecule has 2 amide bonds. The Balaban J connectivity index is 1.93. The molecule has 0 heterocycles. The van der Waals surface area contributed by atoms with E-state index in [1.165, 1.54) is 0 Å². The van der Waals surface area contributed by atoms with Crippen LogP contribution in [0.3, 0.4) is 0 Å². The minimum Gasteiger partial charge on any atom is -0.484 e. The number of halogens is 2. The lowest BCUT2D eigenvalue weighted by Gasteiger charge is -2.32. The number of amides is 2. The van der Waals surface area contributed by atoms with Gasteiger partial charge in [-0.2, -0.15) is 0 Å². The van der Waals surface area contributed by atoms with Crippen molar-refractivity contribution in [1.82, 2.24) is 10.2 Å². The van der Waals surface area contributed by atoms with Crippen molar-refractivity contribution in [2.45, 2.75) is 59.2 Å². The summed E-state index contributed by atoms with van der Waals surface area (Å²) < 4.78 is 7.89. The molecule has 7 heteroatoms. The summed E-state index contributed by atoms with van der Waals surface area (Å²) in [6.07, 6.45) is 1.20. The van der Waals surface area contributed by atoms with Gasteiger partial charge in [0.1, 0.15) is 11.8 Å². The molecule has 2 atom stereocenters. The molecule has 0 fully saturated rings. The molecular weight excluding hydrogens is 596 g/mol. The SMILES string of the molecule is CC[C@H](C)NC(=O)[C@H](Cc1ccccc1)N(Cc1cccc(Br)c1)C(=O)COc1cc(C)c(Br)c(C)c1. The van der Waals surface area contributed by atoms with Gasteiger partial charge in [-0.3, -0.25) is 9.59 Å². The number of ether oxygens (including phenoxy) is 1. The number of nitrogens with zero attached hydrogens (tertiary/aromatic N) is 1. The van der Waals surface area contributed by atoms with E-state index in [0.717, 1.165) is 37.6 Å². The fourth-order valence-corrected chi connectivity index (χ4v) is 4.72. The fraction of sp³-hybridized carbons (Fsp3) is 0.333. The summed E-state index contributed by atoms with van der Waals surface area (Å²) in [5.41, 5.74) is 3.97. The van der Waals surface area contributed by atoms with E-state index in [-0.39, 0.29) is 31.0 Å². The zero-order valence-electron chi connectivity index (χ0n) is 21.8. The number of carbonyl (C=O) groups excluding carboxylic acids is 2. The molecule has 0 spiro atoms. The van der Waals surface area contributed by atoms with E-state index < -0.39 is 6.04 Å². The van der Waals surface area contributed by atoms with Crippen LogP contribution in [0.1, 0.15) is 42.5 Å². The maximum atomic E-state index is 13.7. The minimum absolute atomic E-state index is 0.00133. The zero-order valence-corrected chi connectivity index (χ0v) is 24.9. The fourth-order valence-electron chi connectivity index (χ4n) is 4.04. The molecule has 0 bridgehead atoms. The molecule has 0 saturated carbocycles. The van der Waals surface area contributed by atoms with Crippen LogP contribution in [-0.2, 0) is 22.6 Å². The number of carbonyl (C=O) groups is 2. The van der Waals surface area contributed by atoms with E-state index in [4.69, 9.17) is 4.74 Å². The lowest BCUT2D eigenvalue weighted by atomic mass is 10.0. The quantitative estimate of drug-likeness (QED) is 0.255. The predicted molar refractivity (Wildman–Crippen MR) is 156 cm³/mol. The molecule has 0 aromatic heterocycles. The monoisotopic (exact) mass is 628 g/mol. The Kier molecular flexibility index (Phi) is 10.8. The highest BCUT2D eigenvalue weighted by atomic mass is 79.9. The van der Waals surface area contributed by atoms with Crippen LogP contribution in [0.25, 0.3) is 0 Å². The van der Waals surface area contributed by atoms with Crippen molar-refractivity contribution < 1.29 is 14.3 Å². The predicted octanol–water partition coefficient (Wildman–Crippen LogP) is 6.76. The Morgan fingerprint density at radius 2 is 1.59 bits per heavy atom. The van der Waals surface area contributed by atoms with Gasteiger partial charge in [0.25, 0.3) is 5.91 Å². The number of hydrogen-bond donors (Lipinski definition) is 1. The van der Waals surface area contributed by atoms with Crippen LogP contribution in [-0.4, -0.2) is 35.4 Å². The van der Waals surface area contributed by atoms with E-state index in [0.29, 0.717) is 12.2 Å². The Bertz CT molecular complexity index is 1190. The molecule has 3 rings (SSSR count). The molecule has 0 aliphatic rings. The molecule has 3 aromatic rings. The highest BCUT2D eigenvalue weighted by Crippen LogP contribution is 2.26. The number of rotatable bonds is 11. The average molecular weight is 630 g/mol. The summed E-state index contributed by atoms with van der Waals surface area (Å²) in [7, 11) is 0. The number of nitrogens with one attached hydrogen (secondary N) is 1. The standard InChI is InChI=1S/C30H34Br2N2O3/c1-5-22(4)33-30(36)27(17-23-10-7-6-8-11-23)34(18-24-12-9-13-25(31)16-24)28(35)19-37-26-14-20(2)29(32)21(3)15-26/h6-16,22,27H,5,17-19H2,1-4H3,(H,33,36)/t22-,27-/m0/s1. The normalized spacial score (nSPS) is 12.5. The van der Waals surface area contributed by atoms with Crippen molar-refractivity contribution in [1.29, 1.82) is 0 Å². The maximum absolute atomic E-state index is 13.7. The third-order valence-corrected chi connectivity index (χ3v) is 8.03. The van der Waals surface area contributed by atoms with E-state index in [1.54, 1.807) is 4.90 Å². The van der Waals surface area contributed by atoms with E-state index >= 15 is 0 Å². The smallest absolute Gasteiger partial charge is 0.261 e. The molecule has 0 radical (unpaired) electrons. The van der Waals surface area contributed by atoms with Crippen LogP contribution in [0.5, 0.6) is 5.75 Å². The summed E-state index contributed by atoms with van der Waals surface area (Å²) in [6.45, 7) is 8.08. The van der Waals surface area contributed by atoms with Gasteiger partial charge >= 0.3 is 0 Å². The van der Waals surface area contributed by atoms with Crippen molar-refractivity contribution in [3.63, 3.8) is 0 Å². The van der Waals surface area contributed by atoms with Gasteiger partial charge in [-0.15, -0.1) is 0 Å². The second kappa shape index (κ2) is 13.8. The number of hydrogen-bond acceptors (Lipinski definition) is 3. The first-order chi connectivity index (χ1) is 17.7. The molecule has 1 N–H and O–H groups in total. The Labute approximate surface area is 236 Å². The average Bonchev–Trinajstić information content (AvgIpc) is 2.88. The topological polar surface area (TPSA) is 58.6 Å². The van der Waals surface area contributed by atoms with Gasteiger partial charge in [0.05, 0.1) is 0 Å². The van der Waals surface area contributed by atoms with Crippen LogP contribution < -0.4 is 10.1 Å². The van der Waals surface area contributed by atoms with Crippen LogP contribution in [0, 0.1) is 13.8 Å². The summed E-state index contributed by atoms with van der Waals surface area (Å²) in [4.78, 5) is 28.9. The van der Waals surface area contributed by atoms with Gasteiger partial charge in [-0.25, -0.2) is 0 Å². The maximum Gasteiger partial charge on any atom is 0.261 e. The van der Waals surface area contributed by atoms with Crippen LogP contribution in [0.2, 0.25) is 0 Å². The molecule has 5 nitrogen and oxygen atoms in total. The number of aryl methyl sites for hydroxylation is 2. The Morgan fingerprint density at radius 3 is 2.22 bits per heavy atom. The van der Waals surface area contributed by atoms with E-state index in [9.17, 15) is 9.59 Å². The van der Waals surface area contributed by atoms with Crippen molar-refractivity contribution in [2.75, 3.05) is 6.61 Å². The van der Waals surface area contributed by atoms with Crippen molar-refractivity contribution in [3.05, 3.63) is 97.9 Å². The third kappa shape index (κ3) is 8.44. The Morgan fingerprint density at radius 1 is 0.946 bits per heavy atom. The number of benzene rings is 3. The summed E-state index contributed by atoms with van der Waals surface area (Å²) >= 11 is 7.09. The van der Waals surface area contributed by atoms with Crippen LogP contribution >= 0.6 is 31.9 Å². The largest absolute Gasteiger partial charge is 0.484 e. The lowest BCUT2D eigenvalue weighted by Crippen LogP contribution is -2.53. The molecule has 0 saturated heterocycles. The van der Waals surface area contributed by atoms with Gasteiger partial charge in [0.15, 0.2) is 6.61 Å². The van der Waals surface area contributed by atoms with Crippen molar-refractivity contribution in [2.24, 2.45) is 0 Å². The van der Waals surface area contributed by atoms with Gasteiger partial charge < -0.3 is 15.0 Å². The first-order valence-electron chi connectivity index (χ1n) is 12.5. The first-order valence-corrected chi connectivity index (χ1v) is 14.0. The molecule has 0 aliphatic carbocycles. The van der Waals surface area contributed by atoms with Crippen molar-refractivity contribution >= 4 is 43.7 Å². The summed E-state index contributed by atoms with van der Waals surface area (Å²) in [5.74, 6) is 0.202. The van der Waals surface area contributed by atoms with Gasteiger partial charge in [-0.1, -0.05) is 81.2 Å². The first kappa shape index (κ1) is 28.9. The van der Waals surface area contributed by atoms with Gasteiger partial charge in [-0.05, 0) is 73.7 Å². The molecule has 0 aliphatic heterocycles. The van der Waals surface area contributed by atoms with Gasteiger partial charge in [0.2, 0.25) is 5.91 Å². The highest BCUT2D eigenvalue weighted by molar-refractivity contribution is 9.10. The lowest BCUT2D eigenvalue weighted by molar-refractivity contribution is -0.143. The summed E-state index contributed by atoms with van der Waals surface area (Å²) in [5, 5.41) is 3.09. The molecule has 0 unspecified atom stereocenters. The Hall–Kier alpha value is -2.64. The summed E-state index contributed by atoms with van der Waals surface area (Å²) in [6, 6.07) is 20.7. The molecule has 3 aromatic carbocycles.